The number of halogens is 1. The summed E-state index contributed by atoms with van der Waals surface area (Å²) < 4.78 is 5.30. The van der Waals surface area contributed by atoms with Crippen molar-refractivity contribution in [2.75, 3.05) is 46.2 Å². The molecule has 1 aliphatic heterocycles. The van der Waals surface area contributed by atoms with Crippen LogP contribution >= 0.6 is 12.4 Å². The molecule has 7 heteroatoms. The number of carbonyl (C=O) groups excluding carboxylic acids is 2. The molecule has 1 aromatic rings. The Hall–Kier alpha value is -1.63. The molecular formula is C18H28ClN3O3. The molecule has 0 aliphatic carbocycles. The minimum atomic E-state index is -0.473. The van der Waals surface area contributed by atoms with Gasteiger partial charge in [-0.25, -0.2) is 0 Å². The molecule has 1 aromatic carbocycles. The fraction of sp³-hybridized carbons (Fsp3) is 0.556. The van der Waals surface area contributed by atoms with Crippen LogP contribution in [0.3, 0.4) is 0 Å². The van der Waals surface area contributed by atoms with Crippen molar-refractivity contribution in [2.24, 2.45) is 5.41 Å². The zero-order valence-corrected chi connectivity index (χ0v) is 15.9. The van der Waals surface area contributed by atoms with E-state index >= 15 is 0 Å². The van der Waals surface area contributed by atoms with Crippen LogP contribution in [0.25, 0.3) is 0 Å². The maximum Gasteiger partial charge on any atom is 0.233 e. The molecule has 2 rings (SSSR count). The number of carbonyl (C=O) groups is 2. The normalized spacial score (nSPS) is 15.8. The first kappa shape index (κ1) is 21.4. The first-order valence-electron chi connectivity index (χ1n) is 8.27. The number of methoxy groups -OCH3 is 1. The number of nitrogens with zero attached hydrogens (tertiary/aromatic N) is 1. The predicted molar refractivity (Wildman–Crippen MR) is 101 cm³/mol. The minimum absolute atomic E-state index is 0. The van der Waals surface area contributed by atoms with E-state index < -0.39 is 5.41 Å². The number of anilines is 1. The monoisotopic (exact) mass is 369 g/mol. The molecule has 0 spiro atoms. The summed E-state index contributed by atoms with van der Waals surface area (Å²) >= 11 is 0. The van der Waals surface area contributed by atoms with E-state index in [1.54, 1.807) is 26.1 Å². The standard InChI is InChI=1S/C18H27N3O3.ClH/c1-21(2)16(22)12-14-4-6-15(7-5-14)20-17(23)18(13-24-3)8-10-19-11-9-18;/h4-7,19H,8-13H2,1-3H3,(H,20,23);1H. The molecule has 1 aliphatic rings. The lowest BCUT2D eigenvalue weighted by Gasteiger charge is -2.35. The summed E-state index contributed by atoms with van der Waals surface area (Å²) in [6, 6.07) is 7.44. The number of nitrogens with one attached hydrogen (secondary N) is 2. The van der Waals surface area contributed by atoms with Crippen molar-refractivity contribution in [3.8, 4) is 0 Å². The van der Waals surface area contributed by atoms with Crippen LogP contribution in [0.4, 0.5) is 5.69 Å². The number of ether oxygens (including phenoxy) is 1. The molecule has 1 heterocycles. The highest BCUT2D eigenvalue weighted by atomic mass is 35.5. The maximum absolute atomic E-state index is 12.8. The SMILES string of the molecule is COCC1(C(=O)Nc2ccc(CC(=O)N(C)C)cc2)CCNCC1.Cl. The Balaban J connectivity index is 0.00000312. The van der Waals surface area contributed by atoms with Gasteiger partial charge >= 0.3 is 0 Å². The molecule has 0 saturated carbocycles. The maximum atomic E-state index is 12.8. The van der Waals surface area contributed by atoms with Crippen LogP contribution in [0.1, 0.15) is 18.4 Å². The number of benzene rings is 1. The Morgan fingerprint density at radius 2 is 1.80 bits per heavy atom. The summed E-state index contributed by atoms with van der Waals surface area (Å²) in [7, 11) is 5.12. The summed E-state index contributed by atoms with van der Waals surface area (Å²) in [5.74, 6) is 0.0588. The van der Waals surface area contributed by atoms with Gasteiger partial charge in [0.05, 0.1) is 18.4 Å². The van der Waals surface area contributed by atoms with Gasteiger partial charge in [0.25, 0.3) is 0 Å². The van der Waals surface area contributed by atoms with Crippen molar-refractivity contribution < 1.29 is 14.3 Å². The smallest absolute Gasteiger partial charge is 0.233 e. The Bertz CT molecular complexity index is 564. The molecule has 0 aromatic heterocycles. The number of piperidine rings is 1. The lowest BCUT2D eigenvalue weighted by molar-refractivity contribution is -0.130. The first-order chi connectivity index (χ1) is 11.5. The molecule has 140 valence electrons. The quantitative estimate of drug-likeness (QED) is 0.800. The minimum Gasteiger partial charge on any atom is -0.384 e. The fourth-order valence-electron chi connectivity index (χ4n) is 2.92. The van der Waals surface area contributed by atoms with Gasteiger partial charge in [-0.05, 0) is 43.6 Å². The molecule has 0 bridgehead atoms. The van der Waals surface area contributed by atoms with Crippen LogP contribution in [0.15, 0.2) is 24.3 Å². The number of hydrogen-bond acceptors (Lipinski definition) is 4. The van der Waals surface area contributed by atoms with Gasteiger partial charge in [0.15, 0.2) is 0 Å². The summed E-state index contributed by atoms with van der Waals surface area (Å²) in [4.78, 5) is 26.1. The average molecular weight is 370 g/mol. The molecule has 2 N–H and O–H groups in total. The Kier molecular flexibility index (Phi) is 8.35. The van der Waals surface area contributed by atoms with E-state index in [1.165, 1.54) is 0 Å². The van der Waals surface area contributed by atoms with Crippen molar-refractivity contribution in [1.82, 2.24) is 10.2 Å². The molecule has 1 fully saturated rings. The van der Waals surface area contributed by atoms with Gasteiger partial charge in [0.2, 0.25) is 11.8 Å². The number of amides is 2. The summed E-state index contributed by atoms with van der Waals surface area (Å²) in [5.41, 5.74) is 1.20. The average Bonchev–Trinajstić information content (AvgIpc) is 2.57. The molecule has 0 unspecified atom stereocenters. The van der Waals surface area contributed by atoms with E-state index in [9.17, 15) is 9.59 Å². The molecule has 25 heavy (non-hydrogen) atoms. The van der Waals surface area contributed by atoms with Crippen molar-refractivity contribution >= 4 is 29.9 Å². The van der Waals surface area contributed by atoms with Crippen LogP contribution in [-0.4, -0.2) is 57.6 Å². The molecular weight excluding hydrogens is 342 g/mol. The Labute approximate surface area is 155 Å². The summed E-state index contributed by atoms with van der Waals surface area (Å²) in [5, 5.41) is 6.28. The van der Waals surface area contributed by atoms with Gasteiger partial charge in [-0.15, -0.1) is 12.4 Å². The first-order valence-corrected chi connectivity index (χ1v) is 8.27. The Morgan fingerprint density at radius 3 is 2.32 bits per heavy atom. The molecule has 6 nitrogen and oxygen atoms in total. The van der Waals surface area contributed by atoms with E-state index in [2.05, 4.69) is 10.6 Å². The van der Waals surface area contributed by atoms with Crippen molar-refractivity contribution in [3.05, 3.63) is 29.8 Å². The Morgan fingerprint density at radius 1 is 1.20 bits per heavy atom. The third kappa shape index (κ3) is 5.70. The van der Waals surface area contributed by atoms with E-state index in [-0.39, 0.29) is 24.2 Å². The largest absolute Gasteiger partial charge is 0.384 e. The highest BCUT2D eigenvalue weighted by molar-refractivity contribution is 5.95. The number of likely N-dealkylation sites (N-methyl/N-ethyl adjacent to an activating group) is 1. The zero-order valence-electron chi connectivity index (χ0n) is 15.1. The lowest BCUT2D eigenvalue weighted by atomic mass is 9.78. The predicted octanol–water partition coefficient (Wildman–Crippen LogP) is 1.69. The van der Waals surface area contributed by atoms with Gasteiger partial charge in [-0.1, -0.05) is 12.1 Å². The van der Waals surface area contributed by atoms with Crippen LogP contribution in [-0.2, 0) is 20.7 Å². The van der Waals surface area contributed by atoms with E-state index in [0.29, 0.717) is 13.0 Å². The van der Waals surface area contributed by atoms with Crippen LogP contribution in [0.5, 0.6) is 0 Å². The topological polar surface area (TPSA) is 70.7 Å². The zero-order chi connectivity index (χ0) is 17.6. The third-order valence-corrected chi connectivity index (χ3v) is 4.53. The highest BCUT2D eigenvalue weighted by Crippen LogP contribution is 2.31. The highest BCUT2D eigenvalue weighted by Gasteiger charge is 2.39. The van der Waals surface area contributed by atoms with Crippen molar-refractivity contribution in [3.63, 3.8) is 0 Å². The molecule has 2 amide bonds. The van der Waals surface area contributed by atoms with Crippen molar-refractivity contribution in [2.45, 2.75) is 19.3 Å². The van der Waals surface area contributed by atoms with Crippen LogP contribution < -0.4 is 10.6 Å². The van der Waals surface area contributed by atoms with Gasteiger partial charge < -0.3 is 20.3 Å². The number of hydrogen-bond donors (Lipinski definition) is 2. The summed E-state index contributed by atoms with van der Waals surface area (Å²) in [6.45, 7) is 2.07. The fourth-order valence-corrected chi connectivity index (χ4v) is 2.92. The molecule has 0 atom stereocenters. The van der Waals surface area contributed by atoms with Gasteiger partial charge in [0, 0.05) is 26.9 Å². The van der Waals surface area contributed by atoms with Gasteiger partial charge in [0.1, 0.15) is 0 Å². The lowest BCUT2D eigenvalue weighted by Crippen LogP contribution is -2.47. The van der Waals surface area contributed by atoms with Crippen LogP contribution in [0, 0.1) is 5.41 Å². The second-order valence-corrected chi connectivity index (χ2v) is 6.58. The van der Waals surface area contributed by atoms with E-state index in [0.717, 1.165) is 37.2 Å². The van der Waals surface area contributed by atoms with Crippen molar-refractivity contribution in [1.29, 1.82) is 0 Å². The molecule has 1 saturated heterocycles. The third-order valence-electron chi connectivity index (χ3n) is 4.53. The van der Waals surface area contributed by atoms with Gasteiger partial charge in [-0.3, -0.25) is 9.59 Å². The summed E-state index contributed by atoms with van der Waals surface area (Å²) in [6.07, 6.45) is 1.89. The van der Waals surface area contributed by atoms with Crippen LogP contribution in [0.2, 0.25) is 0 Å². The second kappa shape index (κ2) is 9.75. The van der Waals surface area contributed by atoms with Gasteiger partial charge in [-0.2, -0.15) is 0 Å². The second-order valence-electron chi connectivity index (χ2n) is 6.58. The van der Waals surface area contributed by atoms with E-state index in [1.807, 2.05) is 24.3 Å². The van der Waals surface area contributed by atoms with E-state index in [4.69, 9.17) is 4.74 Å². The number of rotatable bonds is 6. The molecule has 0 radical (unpaired) electrons.